The average Bonchev–Trinajstić information content (AvgIpc) is 2.46. The van der Waals surface area contributed by atoms with Gasteiger partial charge in [0, 0.05) is 18.0 Å². The van der Waals surface area contributed by atoms with Crippen molar-refractivity contribution < 1.29 is 14.7 Å². The molecule has 2 rings (SSSR count). The SMILES string of the molecule is O=C(O)/C=C/c1cccc(NC(=O)c2ccc(Br)nc2)c1. The van der Waals surface area contributed by atoms with Gasteiger partial charge in [-0.15, -0.1) is 0 Å². The lowest BCUT2D eigenvalue weighted by Crippen LogP contribution is -2.12. The first kappa shape index (κ1) is 14.9. The number of carboxylic acids is 1. The topological polar surface area (TPSA) is 79.3 Å². The van der Waals surface area contributed by atoms with Gasteiger partial charge in [-0.3, -0.25) is 4.79 Å². The van der Waals surface area contributed by atoms with Crippen molar-refractivity contribution in [3.05, 3.63) is 64.4 Å². The van der Waals surface area contributed by atoms with Gasteiger partial charge in [0.25, 0.3) is 5.91 Å². The Bertz CT molecular complexity index is 696. The number of anilines is 1. The first-order valence-electron chi connectivity index (χ1n) is 5.98. The van der Waals surface area contributed by atoms with E-state index >= 15 is 0 Å². The quantitative estimate of drug-likeness (QED) is 0.658. The molecule has 2 aromatic rings. The maximum atomic E-state index is 12.0. The number of carbonyl (C=O) groups excluding carboxylic acids is 1. The van der Waals surface area contributed by atoms with Crippen LogP contribution in [0.1, 0.15) is 15.9 Å². The van der Waals surface area contributed by atoms with Crippen molar-refractivity contribution in [3.63, 3.8) is 0 Å². The van der Waals surface area contributed by atoms with Gasteiger partial charge < -0.3 is 10.4 Å². The van der Waals surface area contributed by atoms with Crippen LogP contribution in [-0.4, -0.2) is 22.0 Å². The third-order valence-electron chi connectivity index (χ3n) is 2.55. The summed E-state index contributed by atoms with van der Waals surface area (Å²) in [6.45, 7) is 0. The van der Waals surface area contributed by atoms with Crippen LogP contribution in [0.15, 0.2) is 53.3 Å². The fourth-order valence-electron chi connectivity index (χ4n) is 1.60. The highest BCUT2D eigenvalue weighted by atomic mass is 79.9. The lowest BCUT2D eigenvalue weighted by molar-refractivity contribution is -0.131. The summed E-state index contributed by atoms with van der Waals surface area (Å²) in [7, 11) is 0. The molecule has 0 saturated carbocycles. The van der Waals surface area contributed by atoms with Crippen LogP contribution in [-0.2, 0) is 4.79 Å². The number of carbonyl (C=O) groups is 2. The molecule has 5 nitrogen and oxygen atoms in total. The number of nitrogens with zero attached hydrogens (tertiary/aromatic N) is 1. The van der Waals surface area contributed by atoms with E-state index in [1.54, 1.807) is 36.4 Å². The molecule has 0 fully saturated rings. The molecule has 21 heavy (non-hydrogen) atoms. The number of aliphatic carboxylic acids is 1. The second kappa shape index (κ2) is 6.81. The number of hydrogen-bond acceptors (Lipinski definition) is 3. The van der Waals surface area contributed by atoms with Crippen LogP contribution in [0.2, 0.25) is 0 Å². The minimum atomic E-state index is -1.02. The van der Waals surface area contributed by atoms with Crippen molar-refractivity contribution in [1.82, 2.24) is 4.98 Å². The second-order valence-electron chi connectivity index (χ2n) is 4.12. The van der Waals surface area contributed by atoms with Crippen molar-refractivity contribution in [2.24, 2.45) is 0 Å². The molecule has 0 atom stereocenters. The number of aromatic nitrogens is 1. The fraction of sp³-hybridized carbons (Fsp3) is 0. The molecule has 0 bridgehead atoms. The van der Waals surface area contributed by atoms with E-state index in [-0.39, 0.29) is 5.91 Å². The summed E-state index contributed by atoms with van der Waals surface area (Å²) in [5.41, 5.74) is 1.70. The Labute approximate surface area is 129 Å². The molecular weight excluding hydrogens is 336 g/mol. The maximum Gasteiger partial charge on any atom is 0.328 e. The van der Waals surface area contributed by atoms with Crippen LogP contribution in [0, 0.1) is 0 Å². The zero-order valence-electron chi connectivity index (χ0n) is 10.8. The Balaban J connectivity index is 2.12. The van der Waals surface area contributed by atoms with E-state index in [9.17, 15) is 9.59 Å². The third-order valence-corrected chi connectivity index (χ3v) is 3.02. The van der Waals surface area contributed by atoms with E-state index in [0.29, 0.717) is 21.4 Å². The Hall–Kier alpha value is -2.47. The molecule has 1 heterocycles. The number of halogens is 1. The molecule has 1 amide bonds. The van der Waals surface area contributed by atoms with Gasteiger partial charge in [0.05, 0.1) is 5.56 Å². The van der Waals surface area contributed by atoms with Gasteiger partial charge in [-0.05, 0) is 51.8 Å². The molecule has 0 aliphatic carbocycles. The minimum absolute atomic E-state index is 0.283. The fourth-order valence-corrected chi connectivity index (χ4v) is 1.84. The van der Waals surface area contributed by atoms with Crippen molar-refractivity contribution >= 4 is 39.6 Å². The number of nitrogens with one attached hydrogen (secondary N) is 1. The van der Waals surface area contributed by atoms with Crippen molar-refractivity contribution in [2.75, 3.05) is 5.32 Å². The first-order chi connectivity index (χ1) is 10.0. The van der Waals surface area contributed by atoms with Crippen molar-refractivity contribution in [3.8, 4) is 0 Å². The molecule has 0 spiro atoms. The van der Waals surface area contributed by atoms with E-state index in [1.165, 1.54) is 12.3 Å². The van der Waals surface area contributed by atoms with Crippen LogP contribution < -0.4 is 5.32 Å². The standard InChI is InChI=1S/C15H11BrN2O3/c16-13-6-5-11(9-17-13)15(21)18-12-3-1-2-10(8-12)4-7-14(19)20/h1-9H,(H,18,21)(H,19,20)/b7-4+. The molecule has 0 radical (unpaired) electrons. The minimum Gasteiger partial charge on any atom is -0.478 e. The Morgan fingerprint density at radius 1 is 1.24 bits per heavy atom. The van der Waals surface area contributed by atoms with Gasteiger partial charge in [-0.25, -0.2) is 9.78 Å². The highest BCUT2D eigenvalue weighted by Crippen LogP contribution is 2.14. The molecular formula is C15H11BrN2O3. The molecule has 1 aromatic heterocycles. The Morgan fingerprint density at radius 2 is 2.05 bits per heavy atom. The van der Waals surface area contributed by atoms with Gasteiger partial charge in [-0.1, -0.05) is 12.1 Å². The molecule has 106 valence electrons. The number of benzene rings is 1. The molecule has 0 unspecified atom stereocenters. The van der Waals surface area contributed by atoms with Gasteiger partial charge in [0.1, 0.15) is 4.60 Å². The molecule has 2 N–H and O–H groups in total. The number of carboxylic acid groups (broad SMARTS) is 1. The molecule has 6 heteroatoms. The zero-order chi connectivity index (χ0) is 15.2. The van der Waals surface area contributed by atoms with Gasteiger partial charge >= 0.3 is 5.97 Å². The zero-order valence-corrected chi connectivity index (χ0v) is 12.4. The molecule has 1 aromatic carbocycles. The third kappa shape index (κ3) is 4.54. The predicted octanol–water partition coefficient (Wildman–Crippen LogP) is 3.19. The van der Waals surface area contributed by atoms with E-state index in [4.69, 9.17) is 5.11 Å². The molecule has 0 aliphatic rings. The van der Waals surface area contributed by atoms with Crippen molar-refractivity contribution in [1.29, 1.82) is 0 Å². The Kier molecular flexibility index (Phi) is 4.84. The predicted molar refractivity (Wildman–Crippen MR) is 83.0 cm³/mol. The van der Waals surface area contributed by atoms with Crippen LogP contribution in [0.5, 0.6) is 0 Å². The van der Waals surface area contributed by atoms with Crippen molar-refractivity contribution in [2.45, 2.75) is 0 Å². The number of amides is 1. The highest BCUT2D eigenvalue weighted by Gasteiger charge is 2.06. The van der Waals surface area contributed by atoms with Gasteiger partial charge in [-0.2, -0.15) is 0 Å². The summed E-state index contributed by atoms with van der Waals surface area (Å²) in [5, 5.41) is 11.3. The second-order valence-corrected chi connectivity index (χ2v) is 4.93. The first-order valence-corrected chi connectivity index (χ1v) is 6.78. The number of pyridine rings is 1. The van der Waals surface area contributed by atoms with E-state index in [0.717, 1.165) is 6.08 Å². The summed E-state index contributed by atoms with van der Waals surface area (Å²) >= 11 is 3.20. The van der Waals surface area contributed by atoms with Gasteiger partial charge in [0.15, 0.2) is 0 Å². The summed E-state index contributed by atoms with van der Waals surface area (Å²) in [4.78, 5) is 26.5. The van der Waals surface area contributed by atoms with Crippen LogP contribution >= 0.6 is 15.9 Å². The molecule has 0 aliphatic heterocycles. The summed E-state index contributed by atoms with van der Waals surface area (Å²) < 4.78 is 0.653. The average molecular weight is 347 g/mol. The summed E-state index contributed by atoms with van der Waals surface area (Å²) in [5.74, 6) is -1.31. The monoisotopic (exact) mass is 346 g/mol. The van der Waals surface area contributed by atoms with E-state index in [1.807, 2.05) is 0 Å². The maximum absolute atomic E-state index is 12.0. The molecule has 0 saturated heterocycles. The van der Waals surface area contributed by atoms with E-state index < -0.39 is 5.97 Å². The lowest BCUT2D eigenvalue weighted by atomic mass is 10.2. The number of rotatable bonds is 4. The normalized spacial score (nSPS) is 10.5. The van der Waals surface area contributed by atoms with Crippen LogP contribution in [0.25, 0.3) is 6.08 Å². The highest BCUT2D eigenvalue weighted by molar-refractivity contribution is 9.10. The lowest BCUT2D eigenvalue weighted by Gasteiger charge is -2.06. The largest absolute Gasteiger partial charge is 0.478 e. The van der Waals surface area contributed by atoms with Crippen LogP contribution in [0.4, 0.5) is 5.69 Å². The number of hydrogen-bond donors (Lipinski definition) is 2. The Morgan fingerprint density at radius 3 is 2.71 bits per heavy atom. The smallest absolute Gasteiger partial charge is 0.328 e. The van der Waals surface area contributed by atoms with E-state index in [2.05, 4.69) is 26.2 Å². The summed E-state index contributed by atoms with van der Waals surface area (Å²) in [6, 6.07) is 10.2. The van der Waals surface area contributed by atoms with Gasteiger partial charge in [0.2, 0.25) is 0 Å². The van der Waals surface area contributed by atoms with Crippen LogP contribution in [0.3, 0.4) is 0 Å². The summed E-state index contributed by atoms with van der Waals surface area (Å²) in [6.07, 6.45) is 3.96.